The van der Waals surface area contributed by atoms with Crippen LogP contribution in [0.4, 0.5) is 5.82 Å². The van der Waals surface area contributed by atoms with E-state index in [9.17, 15) is 8.42 Å². The third-order valence-electron chi connectivity index (χ3n) is 4.24. The minimum absolute atomic E-state index is 0.413. The zero-order valence-electron chi connectivity index (χ0n) is 12.8. The lowest BCUT2D eigenvalue weighted by atomic mass is 9.97. The quantitative estimate of drug-likeness (QED) is 0.849. The standard InChI is InChI=1S/C14H20N4O2S2/c1-17(22(2,19)20)9-11-3-6-18(7-4-11)13-12-5-8-21-14(12)16-10-15-13/h5,8,10-11H,3-4,6-7,9H2,1-2H3. The molecule has 1 fully saturated rings. The monoisotopic (exact) mass is 340 g/mol. The molecule has 2 aromatic rings. The Labute approximate surface area is 134 Å². The van der Waals surface area contributed by atoms with Crippen molar-refractivity contribution < 1.29 is 8.42 Å². The first kappa shape index (κ1) is 15.6. The van der Waals surface area contributed by atoms with Crippen molar-refractivity contribution in [3.8, 4) is 0 Å². The van der Waals surface area contributed by atoms with Crippen molar-refractivity contribution in [3.63, 3.8) is 0 Å². The third kappa shape index (κ3) is 3.23. The first-order chi connectivity index (χ1) is 10.4. The van der Waals surface area contributed by atoms with Crippen LogP contribution in [0.3, 0.4) is 0 Å². The number of aromatic nitrogens is 2. The van der Waals surface area contributed by atoms with Crippen LogP contribution in [0.5, 0.6) is 0 Å². The molecule has 22 heavy (non-hydrogen) atoms. The molecule has 0 radical (unpaired) electrons. The summed E-state index contributed by atoms with van der Waals surface area (Å²) >= 11 is 1.63. The molecule has 1 saturated heterocycles. The molecule has 0 amide bonds. The normalized spacial score (nSPS) is 17.5. The van der Waals surface area contributed by atoms with E-state index < -0.39 is 10.0 Å². The summed E-state index contributed by atoms with van der Waals surface area (Å²) in [5.74, 6) is 1.41. The maximum absolute atomic E-state index is 11.5. The van der Waals surface area contributed by atoms with Gasteiger partial charge in [-0.25, -0.2) is 22.7 Å². The highest BCUT2D eigenvalue weighted by Crippen LogP contribution is 2.30. The molecule has 0 N–H and O–H groups in total. The zero-order chi connectivity index (χ0) is 15.7. The summed E-state index contributed by atoms with van der Waals surface area (Å²) in [7, 11) is -1.43. The van der Waals surface area contributed by atoms with Crippen molar-refractivity contribution in [1.82, 2.24) is 14.3 Å². The van der Waals surface area contributed by atoms with E-state index in [2.05, 4.69) is 20.9 Å². The van der Waals surface area contributed by atoms with E-state index in [-0.39, 0.29) is 0 Å². The number of hydrogen-bond donors (Lipinski definition) is 0. The molecule has 120 valence electrons. The lowest BCUT2D eigenvalue weighted by molar-refractivity contribution is 0.329. The van der Waals surface area contributed by atoms with Gasteiger partial charge in [0.1, 0.15) is 17.0 Å². The van der Waals surface area contributed by atoms with Gasteiger partial charge in [0.2, 0.25) is 10.0 Å². The summed E-state index contributed by atoms with van der Waals surface area (Å²) in [6.07, 6.45) is 4.85. The maximum atomic E-state index is 11.5. The van der Waals surface area contributed by atoms with Crippen molar-refractivity contribution in [2.45, 2.75) is 12.8 Å². The molecule has 0 aliphatic carbocycles. The van der Waals surface area contributed by atoms with Gasteiger partial charge in [-0.15, -0.1) is 11.3 Å². The fraction of sp³-hybridized carbons (Fsp3) is 0.571. The molecule has 3 rings (SSSR count). The van der Waals surface area contributed by atoms with E-state index in [1.807, 2.05) is 5.38 Å². The van der Waals surface area contributed by atoms with Crippen molar-refractivity contribution in [2.75, 3.05) is 37.8 Å². The fourth-order valence-corrected chi connectivity index (χ4v) is 4.06. The summed E-state index contributed by atoms with van der Waals surface area (Å²) in [4.78, 5) is 12.0. The number of piperidine rings is 1. The Kier molecular flexibility index (Phi) is 4.33. The Morgan fingerprint density at radius 3 is 2.77 bits per heavy atom. The summed E-state index contributed by atoms with van der Waals surface area (Å²) in [5, 5.41) is 3.15. The predicted molar refractivity (Wildman–Crippen MR) is 89.8 cm³/mol. The number of rotatable bonds is 4. The first-order valence-electron chi connectivity index (χ1n) is 7.29. The summed E-state index contributed by atoms with van der Waals surface area (Å²) in [6, 6.07) is 2.07. The second-order valence-corrected chi connectivity index (χ2v) is 8.79. The maximum Gasteiger partial charge on any atom is 0.210 e. The topological polar surface area (TPSA) is 66.4 Å². The number of hydrogen-bond acceptors (Lipinski definition) is 6. The van der Waals surface area contributed by atoms with Crippen molar-refractivity contribution in [3.05, 3.63) is 17.8 Å². The lowest BCUT2D eigenvalue weighted by Gasteiger charge is -2.34. The number of thiophene rings is 1. The minimum atomic E-state index is -3.09. The molecular formula is C14H20N4O2S2. The molecule has 1 aliphatic rings. The van der Waals surface area contributed by atoms with Crippen molar-refractivity contribution in [1.29, 1.82) is 0 Å². The molecule has 8 heteroatoms. The van der Waals surface area contributed by atoms with Gasteiger partial charge in [0.15, 0.2) is 0 Å². The molecule has 0 bridgehead atoms. The molecule has 1 aliphatic heterocycles. The minimum Gasteiger partial charge on any atom is -0.356 e. The highest BCUT2D eigenvalue weighted by molar-refractivity contribution is 7.88. The molecule has 2 aromatic heterocycles. The molecule has 0 aromatic carbocycles. The van der Waals surface area contributed by atoms with Crippen LogP contribution in [-0.4, -0.2) is 55.6 Å². The van der Waals surface area contributed by atoms with Crippen LogP contribution in [0.1, 0.15) is 12.8 Å². The van der Waals surface area contributed by atoms with Gasteiger partial charge in [-0.3, -0.25) is 0 Å². The molecule has 0 saturated carbocycles. The van der Waals surface area contributed by atoms with E-state index in [1.165, 1.54) is 10.6 Å². The smallest absolute Gasteiger partial charge is 0.210 e. The molecule has 0 unspecified atom stereocenters. The van der Waals surface area contributed by atoms with E-state index >= 15 is 0 Å². The van der Waals surface area contributed by atoms with E-state index in [1.54, 1.807) is 24.7 Å². The van der Waals surface area contributed by atoms with Crippen molar-refractivity contribution >= 4 is 37.4 Å². The Balaban J connectivity index is 1.66. The number of anilines is 1. The summed E-state index contributed by atoms with van der Waals surface area (Å²) < 4.78 is 24.5. The van der Waals surface area contributed by atoms with Crippen LogP contribution in [0.25, 0.3) is 10.2 Å². The lowest BCUT2D eigenvalue weighted by Crippen LogP contribution is -2.39. The average molecular weight is 340 g/mol. The SMILES string of the molecule is CN(CC1CCN(c2ncnc3sccc23)CC1)S(C)(=O)=O. The summed E-state index contributed by atoms with van der Waals surface area (Å²) in [6.45, 7) is 2.42. The Morgan fingerprint density at radius 2 is 2.09 bits per heavy atom. The van der Waals surface area contributed by atoms with E-state index in [0.29, 0.717) is 12.5 Å². The van der Waals surface area contributed by atoms with Gasteiger partial charge >= 0.3 is 0 Å². The van der Waals surface area contributed by atoms with E-state index in [4.69, 9.17) is 0 Å². The van der Waals surface area contributed by atoms with Gasteiger partial charge in [-0.05, 0) is 30.2 Å². The highest BCUT2D eigenvalue weighted by atomic mass is 32.2. The molecule has 6 nitrogen and oxygen atoms in total. The van der Waals surface area contributed by atoms with Crippen molar-refractivity contribution in [2.24, 2.45) is 5.92 Å². The van der Waals surface area contributed by atoms with Gasteiger partial charge in [0.05, 0.1) is 11.6 Å². The van der Waals surface area contributed by atoms with Crippen LogP contribution in [0, 0.1) is 5.92 Å². The van der Waals surface area contributed by atoms with Crippen LogP contribution < -0.4 is 4.90 Å². The Bertz CT molecular complexity index is 751. The van der Waals surface area contributed by atoms with Crippen LogP contribution in [0.15, 0.2) is 17.8 Å². The zero-order valence-corrected chi connectivity index (χ0v) is 14.4. The van der Waals surface area contributed by atoms with Gasteiger partial charge < -0.3 is 4.90 Å². The largest absolute Gasteiger partial charge is 0.356 e. The van der Waals surface area contributed by atoms with Crippen LogP contribution in [0.2, 0.25) is 0 Å². The highest BCUT2D eigenvalue weighted by Gasteiger charge is 2.24. The Hall–Kier alpha value is -1.25. The van der Waals surface area contributed by atoms with Gasteiger partial charge in [-0.2, -0.15) is 0 Å². The van der Waals surface area contributed by atoms with Gasteiger partial charge in [0.25, 0.3) is 0 Å². The molecule has 0 atom stereocenters. The second-order valence-electron chi connectivity index (χ2n) is 5.81. The first-order valence-corrected chi connectivity index (χ1v) is 10.0. The van der Waals surface area contributed by atoms with Gasteiger partial charge in [0, 0.05) is 26.7 Å². The van der Waals surface area contributed by atoms with Crippen LogP contribution >= 0.6 is 11.3 Å². The number of nitrogens with zero attached hydrogens (tertiary/aromatic N) is 4. The van der Waals surface area contributed by atoms with Gasteiger partial charge in [-0.1, -0.05) is 0 Å². The molecule has 0 spiro atoms. The predicted octanol–water partition coefficient (Wildman–Crippen LogP) is 1.80. The van der Waals surface area contributed by atoms with E-state index in [0.717, 1.165) is 42.0 Å². The molecule has 3 heterocycles. The Morgan fingerprint density at radius 1 is 1.36 bits per heavy atom. The summed E-state index contributed by atoms with van der Waals surface area (Å²) in [5.41, 5.74) is 0. The van der Waals surface area contributed by atoms with Crippen LogP contribution in [-0.2, 0) is 10.0 Å². The fourth-order valence-electron chi connectivity index (χ4n) is 2.86. The number of fused-ring (bicyclic) bond motifs is 1. The second kappa shape index (κ2) is 6.10. The average Bonchev–Trinajstić information content (AvgIpc) is 2.95. The molecular weight excluding hydrogens is 320 g/mol. The number of sulfonamides is 1. The third-order valence-corrected chi connectivity index (χ3v) is 6.34.